The van der Waals surface area contributed by atoms with E-state index in [9.17, 15) is 22.8 Å². The fourth-order valence-corrected chi connectivity index (χ4v) is 2.44. The van der Waals surface area contributed by atoms with Crippen LogP contribution in [0.2, 0.25) is 0 Å². The van der Waals surface area contributed by atoms with E-state index in [1.807, 2.05) is 0 Å². The van der Waals surface area contributed by atoms with Crippen molar-refractivity contribution in [1.82, 2.24) is 5.32 Å². The average molecular weight is 404 g/mol. The number of benzene rings is 2. The molecule has 0 saturated heterocycles. The molecule has 5 nitrogen and oxygen atoms in total. The molecule has 2 aromatic carbocycles. The molecule has 2 aromatic rings. The molecule has 0 radical (unpaired) electrons. The maximum atomic E-state index is 12.3. The number of rotatable bonds is 7. The van der Waals surface area contributed by atoms with E-state index < -0.39 is 18.7 Å². The number of halogens is 3. The molecule has 1 aliphatic carbocycles. The Hall–Kier alpha value is -3.29. The van der Waals surface area contributed by atoms with Crippen LogP contribution in [0, 0.1) is 0 Å². The largest absolute Gasteiger partial charge is 0.482 e. The van der Waals surface area contributed by atoms with Crippen molar-refractivity contribution in [2.24, 2.45) is 0 Å². The van der Waals surface area contributed by atoms with Gasteiger partial charge in [-0.1, -0.05) is 24.3 Å². The Bertz CT molecular complexity index is 904. The fraction of sp³-hybridized carbons (Fsp3) is 0.238. The third-order valence-corrected chi connectivity index (χ3v) is 4.05. The highest BCUT2D eigenvalue weighted by atomic mass is 19.4. The van der Waals surface area contributed by atoms with Crippen LogP contribution < -0.4 is 15.4 Å². The first-order valence-electron chi connectivity index (χ1n) is 8.99. The number of para-hydroxylation sites is 2. The first kappa shape index (κ1) is 20.4. The van der Waals surface area contributed by atoms with Gasteiger partial charge >= 0.3 is 6.18 Å². The summed E-state index contributed by atoms with van der Waals surface area (Å²) in [4.78, 5) is 24.1. The van der Waals surface area contributed by atoms with Gasteiger partial charge in [0.15, 0.2) is 6.61 Å². The van der Waals surface area contributed by atoms with Crippen LogP contribution in [-0.2, 0) is 4.79 Å². The van der Waals surface area contributed by atoms with Gasteiger partial charge in [0.25, 0.3) is 5.91 Å². The van der Waals surface area contributed by atoms with Crippen molar-refractivity contribution in [2.45, 2.75) is 25.1 Å². The summed E-state index contributed by atoms with van der Waals surface area (Å²) in [5.41, 5.74) is 1.37. The van der Waals surface area contributed by atoms with Crippen LogP contribution in [0.4, 0.5) is 18.9 Å². The summed E-state index contributed by atoms with van der Waals surface area (Å²) in [5.74, 6) is -0.725. The van der Waals surface area contributed by atoms with Crippen molar-refractivity contribution < 1.29 is 27.5 Å². The minimum atomic E-state index is -4.47. The van der Waals surface area contributed by atoms with Gasteiger partial charge in [0.1, 0.15) is 5.75 Å². The Balaban J connectivity index is 1.57. The SMILES string of the molecule is O=C(/C=C/c1ccc(C(=O)NC2CC2)cc1)Nc1ccccc1OCC(F)(F)F. The number of nitrogens with one attached hydrogen (secondary N) is 2. The van der Waals surface area contributed by atoms with Crippen molar-refractivity contribution in [1.29, 1.82) is 0 Å². The van der Waals surface area contributed by atoms with Gasteiger partial charge in [-0.15, -0.1) is 0 Å². The molecule has 0 bridgehead atoms. The molecule has 0 aromatic heterocycles. The first-order chi connectivity index (χ1) is 13.8. The minimum Gasteiger partial charge on any atom is -0.482 e. The Labute approximate surface area is 165 Å². The lowest BCUT2D eigenvalue weighted by atomic mass is 10.1. The molecule has 29 heavy (non-hydrogen) atoms. The first-order valence-corrected chi connectivity index (χ1v) is 8.99. The zero-order valence-electron chi connectivity index (χ0n) is 15.3. The normalized spacial score (nSPS) is 13.9. The topological polar surface area (TPSA) is 67.4 Å². The third-order valence-electron chi connectivity index (χ3n) is 4.05. The molecule has 1 saturated carbocycles. The van der Waals surface area contributed by atoms with E-state index in [0.29, 0.717) is 11.1 Å². The zero-order valence-corrected chi connectivity index (χ0v) is 15.3. The van der Waals surface area contributed by atoms with E-state index in [-0.39, 0.29) is 23.4 Å². The van der Waals surface area contributed by atoms with Crippen LogP contribution in [0.5, 0.6) is 5.75 Å². The van der Waals surface area contributed by atoms with Gasteiger partial charge in [0.05, 0.1) is 5.69 Å². The highest BCUT2D eigenvalue weighted by molar-refractivity contribution is 6.02. The molecule has 1 fully saturated rings. The number of ether oxygens (including phenoxy) is 1. The molecule has 2 amide bonds. The lowest BCUT2D eigenvalue weighted by Crippen LogP contribution is -2.25. The standard InChI is InChI=1S/C21H19F3N2O3/c22-21(23,24)13-29-18-4-2-1-3-17(18)26-19(27)12-7-14-5-8-15(9-6-14)20(28)25-16-10-11-16/h1-9,12,16H,10-11,13H2,(H,25,28)(H,26,27)/b12-7+. The predicted molar refractivity (Wildman–Crippen MR) is 103 cm³/mol. The van der Waals surface area contributed by atoms with E-state index in [1.54, 1.807) is 30.3 Å². The number of carbonyl (C=O) groups excluding carboxylic acids is 2. The van der Waals surface area contributed by atoms with Crippen LogP contribution in [0.25, 0.3) is 6.08 Å². The second-order valence-corrected chi connectivity index (χ2v) is 6.59. The molecule has 0 atom stereocenters. The summed E-state index contributed by atoms with van der Waals surface area (Å²) in [5, 5.41) is 5.38. The van der Waals surface area contributed by atoms with Crippen molar-refractivity contribution in [3.63, 3.8) is 0 Å². The summed E-state index contributed by atoms with van der Waals surface area (Å²) in [7, 11) is 0. The van der Waals surface area contributed by atoms with Gasteiger partial charge in [0.2, 0.25) is 5.91 Å². The Morgan fingerprint density at radius 1 is 1.07 bits per heavy atom. The highest BCUT2D eigenvalue weighted by Crippen LogP contribution is 2.26. The number of hydrogen-bond acceptors (Lipinski definition) is 3. The van der Waals surface area contributed by atoms with Crippen LogP contribution in [0.1, 0.15) is 28.8 Å². The van der Waals surface area contributed by atoms with Crippen LogP contribution in [-0.4, -0.2) is 30.6 Å². The lowest BCUT2D eigenvalue weighted by molar-refractivity contribution is -0.153. The molecule has 0 heterocycles. The van der Waals surface area contributed by atoms with Gasteiger partial charge in [-0.3, -0.25) is 9.59 Å². The Kier molecular flexibility index (Phi) is 6.21. The summed E-state index contributed by atoms with van der Waals surface area (Å²) in [6, 6.07) is 12.9. The number of hydrogen-bond donors (Lipinski definition) is 2. The number of alkyl halides is 3. The quantitative estimate of drug-likeness (QED) is 0.681. The lowest BCUT2D eigenvalue weighted by Gasteiger charge is -2.13. The maximum absolute atomic E-state index is 12.3. The van der Waals surface area contributed by atoms with Crippen molar-refractivity contribution >= 4 is 23.6 Å². The van der Waals surface area contributed by atoms with E-state index in [2.05, 4.69) is 10.6 Å². The molecular weight excluding hydrogens is 385 g/mol. The summed E-state index contributed by atoms with van der Waals surface area (Å²) >= 11 is 0. The van der Waals surface area contributed by atoms with Gasteiger partial charge in [0, 0.05) is 17.7 Å². The van der Waals surface area contributed by atoms with Gasteiger partial charge in [-0.05, 0) is 48.7 Å². The molecular formula is C21H19F3N2O3. The molecule has 1 aliphatic rings. The summed E-state index contributed by atoms with van der Waals surface area (Å²) < 4.78 is 41.7. The van der Waals surface area contributed by atoms with Crippen LogP contribution in [0.3, 0.4) is 0 Å². The van der Waals surface area contributed by atoms with E-state index in [1.165, 1.54) is 30.4 Å². The molecule has 152 valence electrons. The molecule has 0 unspecified atom stereocenters. The van der Waals surface area contributed by atoms with Crippen molar-refractivity contribution in [3.8, 4) is 5.75 Å². The Morgan fingerprint density at radius 3 is 2.41 bits per heavy atom. The maximum Gasteiger partial charge on any atom is 0.422 e. The van der Waals surface area contributed by atoms with Gasteiger partial charge in [-0.25, -0.2) is 0 Å². The summed E-state index contributed by atoms with van der Waals surface area (Å²) in [6.45, 7) is -1.45. The highest BCUT2D eigenvalue weighted by Gasteiger charge is 2.28. The molecule has 0 spiro atoms. The summed E-state index contributed by atoms with van der Waals surface area (Å²) in [6.07, 6.45) is 0.327. The van der Waals surface area contributed by atoms with Crippen LogP contribution in [0.15, 0.2) is 54.6 Å². The van der Waals surface area contributed by atoms with Crippen molar-refractivity contribution in [2.75, 3.05) is 11.9 Å². The van der Waals surface area contributed by atoms with Gasteiger partial charge in [-0.2, -0.15) is 13.2 Å². The second-order valence-electron chi connectivity index (χ2n) is 6.59. The van der Waals surface area contributed by atoms with E-state index in [4.69, 9.17) is 4.74 Å². The fourth-order valence-electron chi connectivity index (χ4n) is 2.44. The molecule has 2 N–H and O–H groups in total. The zero-order chi connectivity index (χ0) is 20.9. The minimum absolute atomic E-state index is 0.0717. The van der Waals surface area contributed by atoms with Gasteiger partial charge < -0.3 is 15.4 Å². The van der Waals surface area contributed by atoms with Crippen LogP contribution >= 0.6 is 0 Å². The molecule has 0 aliphatic heterocycles. The molecule has 3 rings (SSSR count). The predicted octanol–water partition coefficient (Wildman–Crippen LogP) is 4.17. The Morgan fingerprint density at radius 2 is 1.76 bits per heavy atom. The molecule has 8 heteroatoms. The number of amides is 2. The number of anilines is 1. The third kappa shape index (κ3) is 6.67. The monoisotopic (exact) mass is 404 g/mol. The van der Waals surface area contributed by atoms with E-state index in [0.717, 1.165) is 12.8 Å². The van der Waals surface area contributed by atoms with E-state index >= 15 is 0 Å². The number of carbonyl (C=O) groups is 2. The average Bonchev–Trinajstić information content (AvgIpc) is 3.49. The van der Waals surface area contributed by atoms with Crippen molar-refractivity contribution in [3.05, 3.63) is 65.7 Å². The smallest absolute Gasteiger partial charge is 0.422 e. The second kappa shape index (κ2) is 8.81.